The van der Waals surface area contributed by atoms with Gasteiger partial charge in [-0.25, -0.2) is 0 Å². The molecule has 1 N–H and O–H groups in total. The molecule has 0 aromatic heterocycles. The minimum absolute atomic E-state index is 0.100. The Balaban J connectivity index is 1.77. The van der Waals surface area contributed by atoms with Gasteiger partial charge in [0, 0.05) is 29.7 Å². The number of hydrogen-bond acceptors (Lipinski definition) is 3. The number of benzene rings is 2. The summed E-state index contributed by atoms with van der Waals surface area (Å²) in [5.74, 6) is 1.81. The van der Waals surface area contributed by atoms with E-state index >= 15 is 0 Å². The minimum atomic E-state index is -0.100. The fraction of sp³-hybridized carbons (Fsp3) is 0.381. The average Bonchev–Trinajstić information content (AvgIpc) is 3.22. The normalized spacial score (nSPS) is 14.7. The van der Waals surface area contributed by atoms with E-state index in [1.54, 1.807) is 0 Å². The van der Waals surface area contributed by atoms with E-state index in [-0.39, 0.29) is 5.91 Å². The molecule has 2 aliphatic rings. The first kappa shape index (κ1) is 16.0. The zero-order chi connectivity index (χ0) is 17.6. The summed E-state index contributed by atoms with van der Waals surface area (Å²) in [6.45, 7) is 7.56. The molecule has 0 saturated heterocycles. The van der Waals surface area contributed by atoms with Crippen LogP contribution in [0.3, 0.4) is 0 Å². The molecule has 1 amide bonds. The van der Waals surface area contributed by atoms with Crippen LogP contribution in [0.4, 0.5) is 5.69 Å². The molecule has 0 fully saturated rings. The molecule has 0 unspecified atom stereocenters. The number of aryl methyl sites for hydroxylation is 1. The van der Waals surface area contributed by atoms with E-state index in [1.807, 2.05) is 25.1 Å². The van der Waals surface area contributed by atoms with E-state index in [0.717, 1.165) is 52.3 Å². The summed E-state index contributed by atoms with van der Waals surface area (Å²) in [5.41, 5.74) is 5.82. The maximum Gasteiger partial charge on any atom is 0.259 e. The number of hydrogen-bond donors (Lipinski definition) is 1. The van der Waals surface area contributed by atoms with Gasteiger partial charge in [-0.05, 0) is 30.0 Å². The summed E-state index contributed by atoms with van der Waals surface area (Å²) in [5, 5.41) is 3.16. The first-order chi connectivity index (χ1) is 12.1. The predicted octanol–water partition coefficient (Wildman–Crippen LogP) is 4.24. The van der Waals surface area contributed by atoms with E-state index in [1.165, 1.54) is 0 Å². The number of nitrogens with one attached hydrogen (secondary N) is 1. The van der Waals surface area contributed by atoms with Crippen LogP contribution in [-0.4, -0.2) is 19.1 Å². The summed E-state index contributed by atoms with van der Waals surface area (Å²) in [4.78, 5) is 13.2. The molecule has 0 spiro atoms. The summed E-state index contributed by atoms with van der Waals surface area (Å²) < 4.78 is 11.5. The second-order valence-electron chi connectivity index (χ2n) is 7.06. The quantitative estimate of drug-likeness (QED) is 0.911. The Bertz CT molecular complexity index is 822. The van der Waals surface area contributed by atoms with Crippen LogP contribution < -0.4 is 14.8 Å². The van der Waals surface area contributed by atoms with Gasteiger partial charge in [0.25, 0.3) is 5.91 Å². The molecule has 2 aromatic carbocycles. The Hall–Kier alpha value is -2.49. The van der Waals surface area contributed by atoms with Crippen LogP contribution in [0.5, 0.6) is 11.5 Å². The van der Waals surface area contributed by atoms with Crippen molar-refractivity contribution in [2.24, 2.45) is 0 Å². The monoisotopic (exact) mass is 337 g/mol. The van der Waals surface area contributed by atoms with E-state index in [0.29, 0.717) is 24.7 Å². The Morgan fingerprint density at radius 2 is 1.96 bits per heavy atom. The summed E-state index contributed by atoms with van der Waals surface area (Å²) >= 11 is 0. The molecule has 0 radical (unpaired) electrons. The molecule has 4 heteroatoms. The lowest BCUT2D eigenvalue weighted by atomic mass is 9.96. The van der Waals surface area contributed by atoms with E-state index < -0.39 is 0 Å². The van der Waals surface area contributed by atoms with Crippen molar-refractivity contribution in [3.8, 4) is 11.5 Å². The molecule has 25 heavy (non-hydrogen) atoms. The van der Waals surface area contributed by atoms with Gasteiger partial charge < -0.3 is 14.8 Å². The molecule has 0 aliphatic carbocycles. The van der Waals surface area contributed by atoms with Crippen molar-refractivity contribution < 1.29 is 14.3 Å². The highest BCUT2D eigenvalue weighted by atomic mass is 16.5. The highest BCUT2D eigenvalue weighted by Gasteiger charge is 2.30. The van der Waals surface area contributed by atoms with Crippen LogP contribution in [0.15, 0.2) is 24.3 Å². The smallest absolute Gasteiger partial charge is 0.259 e. The number of ether oxygens (including phenoxy) is 2. The zero-order valence-corrected chi connectivity index (χ0v) is 14.9. The number of amides is 1. The molecule has 2 heterocycles. The third kappa shape index (κ3) is 2.66. The number of anilines is 1. The first-order valence-corrected chi connectivity index (χ1v) is 8.91. The largest absolute Gasteiger partial charge is 0.493 e. The van der Waals surface area contributed by atoms with Crippen molar-refractivity contribution in [3.63, 3.8) is 0 Å². The van der Waals surface area contributed by atoms with Gasteiger partial charge in [0.15, 0.2) is 0 Å². The molecular weight excluding hydrogens is 314 g/mol. The van der Waals surface area contributed by atoms with Crippen LogP contribution in [0.1, 0.15) is 52.4 Å². The highest BCUT2D eigenvalue weighted by Crippen LogP contribution is 2.41. The van der Waals surface area contributed by atoms with Crippen molar-refractivity contribution in [1.29, 1.82) is 0 Å². The van der Waals surface area contributed by atoms with Gasteiger partial charge >= 0.3 is 0 Å². The maximum atomic E-state index is 13.2. The molecule has 130 valence electrons. The second-order valence-corrected chi connectivity index (χ2v) is 7.06. The average molecular weight is 337 g/mol. The molecule has 2 aliphatic heterocycles. The lowest BCUT2D eigenvalue weighted by molar-refractivity contribution is 0.102. The zero-order valence-electron chi connectivity index (χ0n) is 14.9. The van der Waals surface area contributed by atoms with Crippen LogP contribution in [0.2, 0.25) is 0 Å². The molecule has 0 atom stereocenters. The molecule has 0 saturated carbocycles. The third-order valence-corrected chi connectivity index (χ3v) is 5.04. The third-order valence-electron chi connectivity index (χ3n) is 5.04. The fourth-order valence-corrected chi connectivity index (χ4v) is 3.74. The molecule has 2 aromatic rings. The van der Waals surface area contributed by atoms with E-state index in [4.69, 9.17) is 9.47 Å². The van der Waals surface area contributed by atoms with Gasteiger partial charge in [-0.15, -0.1) is 0 Å². The summed E-state index contributed by atoms with van der Waals surface area (Å²) in [6.07, 6.45) is 1.58. The van der Waals surface area contributed by atoms with Crippen LogP contribution in [0, 0.1) is 6.92 Å². The number of rotatable bonds is 3. The minimum Gasteiger partial charge on any atom is -0.493 e. The second kappa shape index (κ2) is 6.10. The molecular formula is C21H23NO3. The van der Waals surface area contributed by atoms with Crippen molar-refractivity contribution in [2.45, 2.75) is 39.5 Å². The van der Waals surface area contributed by atoms with Crippen molar-refractivity contribution in [1.82, 2.24) is 0 Å². The molecule has 0 bridgehead atoms. The summed E-state index contributed by atoms with van der Waals surface area (Å²) in [7, 11) is 0. The van der Waals surface area contributed by atoms with Crippen molar-refractivity contribution in [3.05, 3.63) is 52.1 Å². The van der Waals surface area contributed by atoms with E-state index in [9.17, 15) is 4.79 Å². The Morgan fingerprint density at radius 1 is 1.16 bits per heavy atom. The summed E-state index contributed by atoms with van der Waals surface area (Å²) in [6, 6.07) is 8.18. The number of carbonyl (C=O) groups excluding carboxylic acids is 1. The Morgan fingerprint density at radius 3 is 2.76 bits per heavy atom. The van der Waals surface area contributed by atoms with Crippen LogP contribution >= 0.6 is 0 Å². The Kier molecular flexibility index (Phi) is 3.91. The SMILES string of the molecule is Cc1cccc(C(C)C)c1NC(=O)c1c2c(cc3c1OCC3)OCC2. The van der Waals surface area contributed by atoms with Gasteiger partial charge in [0.2, 0.25) is 0 Å². The lowest BCUT2D eigenvalue weighted by Crippen LogP contribution is -2.17. The predicted molar refractivity (Wildman–Crippen MR) is 98.1 cm³/mol. The highest BCUT2D eigenvalue weighted by molar-refractivity contribution is 6.09. The number of carbonyl (C=O) groups is 1. The van der Waals surface area contributed by atoms with E-state index in [2.05, 4.69) is 25.2 Å². The number of fused-ring (bicyclic) bond motifs is 2. The van der Waals surface area contributed by atoms with Gasteiger partial charge in [-0.3, -0.25) is 4.79 Å². The first-order valence-electron chi connectivity index (χ1n) is 8.91. The van der Waals surface area contributed by atoms with Crippen molar-refractivity contribution in [2.75, 3.05) is 18.5 Å². The molecule has 4 nitrogen and oxygen atoms in total. The van der Waals surface area contributed by atoms with Gasteiger partial charge in [0.1, 0.15) is 11.5 Å². The fourth-order valence-electron chi connectivity index (χ4n) is 3.74. The van der Waals surface area contributed by atoms with Gasteiger partial charge in [0.05, 0.1) is 18.8 Å². The standard InChI is InChI=1S/C21H23NO3/c1-12(2)15-6-4-5-13(3)19(15)22-21(23)18-16-8-10-24-17(16)11-14-7-9-25-20(14)18/h4-6,11-12H,7-10H2,1-3H3,(H,22,23). The molecule has 4 rings (SSSR count). The van der Waals surface area contributed by atoms with Crippen molar-refractivity contribution >= 4 is 11.6 Å². The van der Waals surface area contributed by atoms with Gasteiger partial charge in [-0.2, -0.15) is 0 Å². The Labute approximate surface area is 148 Å². The van der Waals surface area contributed by atoms with Crippen LogP contribution in [-0.2, 0) is 12.8 Å². The lowest BCUT2D eigenvalue weighted by Gasteiger charge is -2.18. The topological polar surface area (TPSA) is 47.6 Å². The maximum absolute atomic E-state index is 13.2. The van der Waals surface area contributed by atoms with Gasteiger partial charge in [-0.1, -0.05) is 32.0 Å². The number of para-hydroxylation sites is 1. The van der Waals surface area contributed by atoms with Crippen LogP contribution in [0.25, 0.3) is 0 Å².